The van der Waals surface area contributed by atoms with Crippen molar-refractivity contribution in [2.45, 2.75) is 32.7 Å². The summed E-state index contributed by atoms with van der Waals surface area (Å²) >= 11 is 0. The van der Waals surface area contributed by atoms with Crippen LogP contribution >= 0.6 is 0 Å². The van der Waals surface area contributed by atoms with Crippen molar-refractivity contribution in [3.8, 4) is 0 Å². The van der Waals surface area contributed by atoms with E-state index < -0.39 is 0 Å². The fourth-order valence-electron chi connectivity index (χ4n) is 1.53. The second kappa shape index (κ2) is 5.44. The molecule has 0 amide bonds. The predicted molar refractivity (Wildman–Crippen MR) is 59.7 cm³/mol. The fourth-order valence-corrected chi connectivity index (χ4v) is 1.53. The smallest absolute Gasteiger partial charge is 0.354 e. The van der Waals surface area contributed by atoms with Crippen molar-refractivity contribution in [2.75, 3.05) is 12.8 Å². The van der Waals surface area contributed by atoms with Gasteiger partial charge in [-0.15, -0.1) is 0 Å². The zero-order chi connectivity index (χ0) is 11.3. The molecule has 15 heavy (non-hydrogen) atoms. The third kappa shape index (κ3) is 3.01. The Morgan fingerprint density at radius 1 is 1.53 bits per heavy atom. The van der Waals surface area contributed by atoms with Gasteiger partial charge in [0, 0.05) is 12.7 Å². The van der Waals surface area contributed by atoms with Gasteiger partial charge in [0.1, 0.15) is 5.69 Å². The molecular weight excluding hydrogens is 192 g/mol. The van der Waals surface area contributed by atoms with E-state index in [0.717, 1.165) is 25.8 Å². The highest BCUT2D eigenvalue weighted by atomic mass is 16.5. The second-order valence-electron chi connectivity index (χ2n) is 3.55. The van der Waals surface area contributed by atoms with Crippen molar-refractivity contribution in [1.82, 2.24) is 4.57 Å². The molecule has 2 N–H and O–H groups in total. The van der Waals surface area contributed by atoms with Crippen LogP contribution in [0.2, 0.25) is 0 Å². The Morgan fingerprint density at radius 2 is 2.27 bits per heavy atom. The number of nitrogen functional groups attached to an aromatic ring is 1. The Hall–Kier alpha value is -1.45. The molecule has 0 fully saturated rings. The zero-order valence-electron chi connectivity index (χ0n) is 9.32. The molecule has 0 aromatic carbocycles. The van der Waals surface area contributed by atoms with E-state index >= 15 is 0 Å². The largest absolute Gasteiger partial charge is 0.464 e. The summed E-state index contributed by atoms with van der Waals surface area (Å²) in [7, 11) is 1.38. The molecule has 1 aromatic rings. The number of aromatic nitrogens is 1. The minimum Gasteiger partial charge on any atom is -0.464 e. The van der Waals surface area contributed by atoms with Gasteiger partial charge in [-0.1, -0.05) is 19.8 Å². The van der Waals surface area contributed by atoms with Crippen molar-refractivity contribution < 1.29 is 9.53 Å². The number of hydrogen-bond acceptors (Lipinski definition) is 3. The minimum absolute atomic E-state index is 0.330. The number of carbonyl (C=O) groups excluding carboxylic acids is 1. The number of esters is 1. The van der Waals surface area contributed by atoms with Crippen molar-refractivity contribution in [1.29, 1.82) is 0 Å². The lowest BCUT2D eigenvalue weighted by molar-refractivity contribution is 0.0588. The number of nitrogens with two attached hydrogens (primary N) is 1. The lowest BCUT2D eigenvalue weighted by atomic mass is 10.2. The van der Waals surface area contributed by atoms with Gasteiger partial charge in [-0.3, -0.25) is 0 Å². The summed E-state index contributed by atoms with van der Waals surface area (Å²) in [6.45, 7) is 2.96. The van der Waals surface area contributed by atoms with Gasteiger partial charge < -0.3 is 15.0 Å². The van der Waals surface area contributed by atoms with Gasteiger partial charge in [0.05, 0.1) is 12.8 Å². The van der Waals surface area contributed by atoms with Crippen LogP contribution in [0.4, 0.5) is 5.69 Å². The first-order chi connectivity index (χ1) is 7.19. The van der Waals surface area contributed by atoms with Crippen LogP contribution in [0, 0.1) is 0 Å². The summed E-state index contributed by atoms with van der Waals surface area (Å²) in [5.74, 6) is -0.330. The van der Waals surface area contributed by atoms with Crippen LogP contribution in [0.5, 0.6) is 0 Å². The average Bonchev–Trinajstić information content (AvgIpc) is 2.59. The van der Waals surface area contributed by atoms with Crippen LogP contribution < -0.4 is 5.73 Å². The lowest BCUT2D eigenvalue weighted by Crippen LogP contribution is -2.09. The maximum atomic E-state index is 11.4. The molecule has 0 saturated carbocycles. The summed E-state index contributed by atoms with van der Waals surface area (Å²) in [5, 5.41) is 0. The van der Waals surface area contributed by atoms with E-state index in [4.69, 9.17) is 5.73 Å². The fraction of sp³-hybridized carbons (Fsp3) is 0.545. The summed E-state index contributed by atoms with van der Waals surface area (Å²) in [6, 6.07) is 1.65. The first-order valence-electron chi connectivity index (χ1n) is 5.23. The minimum atomic E-state index is -0.330. The van der Waals surface area contributed by atoms with Gasteiger partial charge in [0.15, 0.2) is 0 Å². The van der Waals surface area contributed by atoms with Crippen LogP contribution in [0.1, 0.15) is 36.7 Å². The van der Waals surface area contributed by atoms with E-state index in [0.29, 0.717) is 11.4 Å². The second-order valence-corrected chi connectivity index (χ2v) is 3.55. The van der Waals surface area contributed by atoms with Crippen LogP contribution in [0.25, 0.3) is 0 Å². The lowest BCUT2D eigenvalue weighted by Gasteiger charge is -2.06. The monoisotopic (exact) mass is 210 g/mol. The Labute approximate surface area is 90.0 Å². The Kier molecular flexibility index (Phi) is 4.21. The SMILES string of the molecule is CCCCCn1cc(N)cc1C(=O)OC. The third-order valence-electron chi connectivity index (χ3n) is 2.31. The first kappa shape index (κ1) is 11.6. The van der Waals surface area contributed by atoms with E-state index in [1.165, 1.54) is 7.11 Å². The molecule has 0 saturated heterocycles. The van der Waals surface area contributed by atoms with Crippen molar-refractivity contribution >= 4 is 11.7 Å². The summed E-state index contributed by atoms with van der Waals surface area (Å²) < 4.78 is 6.54. The average molecular weight is 210 g/mol. The molecule has 0 radical (unpaired) electrons. The number of aryl methyl sites for hydroxylation is 1. The molecule has 84 valence electrons. The highest BCUT2D eigenvalue weighted by Crippen LogP contribution is 2.13. The number of unbranched alkanes of at least 4 members (excludes halogenated alkanes) is 2. The summed E-state index contributed by atoms with van der Waals surface area (Å²) in [4.78, 5) is 11.4. The number of nitrogens with zero attached hydrogens (tertiary/aromatic N) is 1. The number of rotatable bonds is 5. The van der Waals surface area contributed by atoms with E-state index in [9.17, 15) is 4.79 Å². The normalized spacial score (nSPS) is 10.3. The van der Waals surface area contributed by atoms with Gasteiger partial charge in [0.25, 0.3) is 0 Å². The van der Waals surface area contributed by atoms with Gasteiger partial charge in [0.2, 0.25) is 0 Å². The Morgan fingerprint density at radius 3 is 2.87 bits per heavy atom. The van der Waals surface area contributed by atoms with E-state index in [1.807, 2.05) is 4.57 Å². The maximum absolute atomic E-state index is 11.4. The van der Waals surface area contributed by atoms with Crippen LogP contribution in [0.15, 0.2) is 12.3 Å². The van der Waals surface area contributed by atoms with Crippen LogP contribution in [-0.4, -0.2) is 17.6 Å². The molecule has 0 aliphatic rings. The molecule has 0 atom stereocenters. The highest BCUT2D eigenvalue weighted by Gasteiger charge is 2.12. The van der Waals surface area contributed by atoms with Gasteiger partial charge in [-0.25, -0.2) is 4.79 Å². The van der Waals surface area contributed by atoms with E-state index in [1.54, 1.807) is 12.3 Å². The Bertz CT molecular complexity index is 331. The van der Waals surface area contributed by atoms with E-state index in [-0.39, 0.29) is 5.97 Å². The molecule has 0 bridgehead atoms. The number of anilines is 1. The van der Waals surface area contributed by atoms with Gasteiger partial charge >= 0.3 is 5.97 Å². The summed E-state index contributed by atoms with van der Waals surface area (Å²) in [5.41, 5.74) is 6.78. The highest BCUT2D eigenvalue weighted by molar-refractivity contribution is 5.88. The molecule has 4 nitrogen and oxygen atoms in total. The predicted octanol–water partition coefficient (Wildman–Crippen LogP) is 2.05. The molecular formula is C11H18N2O2. The van der Waals surface area contributed by atoms with Gasteiger partial charge in [-0.05, 0) is 12.5 Å². The topological polar surface area (TPSA) is 57.2 Å². The zero-order valence-corrected chi connectivity index (χ0v) is 9.32. The first-order valence-corrected chi connectivity index (χ1v) is 5.23. The van der Waals surface area contributed by atoms with Gasteiger partial charge in [-0.2, -0.15) is 0 Å². The quantitative estimate of drug-likeness (QED) is 0.597. The number of ether oxygens (including phenoxy) is 1. The molecule has 0 aliphatic heterocycles. The molecule has 0 spiro atoms. The number of hydrogen-bond donors (Lipinski definition) is 1. The van der Waals surface area contributed by atoms with Crippen molar-refractivity contribution in [2.24, 2.45) is 0 Å². The van der Waals surface area contributed by atoms with E-state index in [2.05, 4.69) is 11.7 Å². The van der Waals surface area contributed by atoms with Crippen molar-refractivity contribution in [3.05, 3.63) is 18.0 Å². The maximum Gasteiger partial charge on any atom is 0.354 e. The Balaban J connectivity index is 2.72. The van der Waals surface area contributed by atoms with Crippen LogP contribution in [0.3, 0.4) is 0 Å². The molecule has 0 unspecified atom stereocenters. The van der Waals surface area contributed by atoms with Crippen molar-refractivity contribution in [3.63, 3.8) is 0 Å². The molecule has 1 aromatic heterocycles. The molecule has 0 aliphatic carbocycles. The summed E-state index contributed by atoms with van der Waals surface area (Å²) in [6.07, 6.45) is 5.14. The molecule has 1 rings (SSSR count). The van der Waals surface area contributed by atoms with Crippen LogP contribution in [-0.2, 0) is 11.3 Å². The standard InChI is InChI=1S/C11H18N2O2/c1-3-4-5-6-13-8-9(12)7-10(13)11(14)15-2/h7-8H,3-6,12H2,1-2H3. The number of methoxy groups -OCH3 is 1. The third-order valence-corrected chi connectivity index (χ3v) is 2.31. The molecule has 1 heterocycles. The molecule has 4 heteroatoms. The number of carbonyl (C=O) groups is 1.